The zero-order chi connectivity index (χ0) is 14.8. The second-order valence-electron chi connectivity index (χ2n) is 5.74. The number of nitrogens with one attached hydrogen (secondary N) is 1. The highest BCUT2D eigenvalue weighted by atomic mass is 16.5. The smallest absolute Gasteiger partial charge is 0.318 e. The number of aliphatic hydroxyl groups excluding tert-OH is 1. The molecule has 2 amide bonds. The van der Waals surface area contributed by atoms with E-state index in [1.54, 1.807) is 12.0 Å². The van der Waals surface area contributed by atoms with Crippen molar-refractivity contribution in [2.75, 3.05) is 20.3 Å². The van der Waals surface area contributed by atoms with E-state index in [0.717, 1.165) is 43.5 Å². The first-order valence-electron chi connectivity index (χ1n) is 7.58. The fourth-order valence-corrected chi connectivity index (χ4v) is 3.49. The summed E-state index contributed by atoms with van der Waals surface area (Å²) in [5.41, 5.74) is 2.35. The summed E-state index contributed by atoms with van der Waals surface area (Å²) in [5.74, 6) is 0.902. The van der Waals surface area contributed by atoms with E-state index in [9.17, 15) is 9.90 Å². The Morgan fingerprint density at radius 1 is 1.48 bits per heavy atom. The number of carbonyl (C=O) groups is 1. The Morgan fingerprint density at radius 2 is 2.33 bits per heavy atom. The first-order chi connectivity index (χ1) is 10.2. The van der Waals surface area contributed by atoms with Crippen LogP contribution in [-0.4, -0.2) is 42.3 Å². The standard InChI is InChI=1S/C16H22N2O3/c1-21-15-6-2-5-12-13(15)7-8-14(12)17-16(20)18-9-3-4-11(18)10-19/h2,5-6,11,14,19H,3-4,7-10H2,1H3,(H,17,20)/t11-,14?/m1/s1. The van der Waals surface area contributed by atoms with Gasteiger partial charge >= 0.3 is 6.03 Å². The number of carbonyl (C=O) groups excluding carboxylic acids is 1. The third-order valence-electron chi connectivity index (χ3n) is 4.59. The summed E-state index contributed by atoms with van der Waals surface area (Å²) < 4.78 is 5.39. The van der Waals surface area contributed by atoms with E-state index in [1.807, 2.05) is 12.1 Å². The summed E-state index contributed by atoms with van der Waals surface area (Å²) in [6.07, 6.45) is 3.68. The molecule has 0 radical (unpaired) electrons. The fraction of sp³-hybridized carbons (Fsp3) is 0.562. The molecule has 0 saturated carbocycles. The molecule has 1 unspecified atom stereocenters. The van der Waals surface area contributed by atoms with Gasteiger partial charge in [0.15, 0.2) is 0 Å². The summed E-state index contributed by atoms with van der Waals surface area (Å²) >= 11 is 0. The summed E-state index contributed by atoms with van der Waals surface area (Å²) in [6, 6.07) is 5.94. The van der Waals surface area contributed by atoms with Crippen LogP contribution in [0.15, 0.2) is 18.2 Å². The number of likely N-dealkylation sites (tertiary alicyclic amines) is 1. The van der Waals surface area contributed by atoms with Crippen molar-refractivity contribution in [3.63, 3.8) is 0 Å². The maximum Gasteiger partial charge on any atom is 0.318 e. The van der Waals surface area contributed by atoms with Crippen LogP contribution in [0.3, 0.4) is 0 Å². The molecule has 3 rings (SSSR count). The highest BCUT2D eigenvalue weighted by Gasteiger charge is 2.32. The molecule has 21 heavy (non-hydrogen) atoms. The van der Waals surface area contributed by atoms with Crippen molar-refractivity contribution in [1.82, 2.24) is 10.2 Å². The van der Waals surface area contributed by atoms with Gasteiger partial charge in [0.25, 0.3) is 0 Å². The molecule has 1 heterocycles. The van der Waals surface area contributed by atoms with E-state index in [0.29, 0.717) is 0 Å². The monoisotopic (exact) mass is 290 g/mol. The topological polar surface area (TPSA) is 61.8 Å². The number of hydrogen-bond donors (Lipinski definition) is 2. The number of nitrogens with zero attached hydrogens (tertiary/aromatic N) is 1. The van der Waals surface area contributed by atoms with Gasteiger partial charge in [-0.15, -0.1) is 0 Å². The van der Waals surface area contributed by atoms with Crippen LogP contribution < -0.4 is 10.1 Å². The van der Waals surface area contributed by atoms with Gasteiger partial charge < -0.3 is 20.1 Å². The Labute approximate surface area is 124 Å². The van der Waals surface area contributed by atoms with Crippen molar-refractivity contribution in [3.05, 3.63) is 29.3 Å². The summed E-state index contributed by atoms with van der Waals surface area (Å²) in [4.78, 5) is 14.2. The third-order valence-corrected chi connectivity index (χ3v) is 4.59. The van der Waals surface area contributed by atoms with Crippen molar-refractivity contribution in [3.8, 4) is 5.75 Å². The van der Waals surface area contributed by atoms with Crippen LogP contribution in [0.2, 0.25) is 0 Å². The second-order valence-corrected chi connectivity index (χ2v) is 5.74. The molecule has 5 heteroatoms. The maximum absolute atomic E-state index is 12.4. The minimum absolute atomic E-state index is 0.0313. The number of benzene rings is 1. The lowest BCUT2D eigenvalue weighted by Crippen LogP contribution is -2.45. The Hall–Kier alpha value is -1.75. The van der Waals surface area contributed by atoms with Gasteiger partial charge in [-0.2, -0.15) is 0 Å². The zero-order valence-corrected chi connectivity index (χ0v) is 12.3. The number of amides is 2. The molecule has 2 aliphatic rings. The minimum atomic E-state index is -0.0628. The zero-order valence-electron chi connectivity index (χ0n) is 12.3. The highest BCUT2D eigenvalue weighted by Crippen LogP contribution is 2.37. The largest absolute Gasteiger partial charge is 0.496 e. The van der Waals surface area contributed by atoms with E-state index in [-0.39, 0.29) is 24.7 Å². The molecule has 114 valence electrons. The molecule has 1 aliphatic carbocycles. The molecule has 1 fully saturated rings. The lowest BCUT2D eigenvalue weighted by atomic mass is 10.1. The molecule has 1 saturated heterocycles. The van der Waals surface area contributed by atoms with Crippen molar-refractivity contribution in [2.45, 2.75) is 37.8 Å². The summed E-state index contributed by atoms with van der Waals surface area (Å²) in [7, 11) is 1.68. The van der Waals surface area contributed by atoms with Crippen molar-refractivity contribution in [2.24, 2.45) is 0 Å². The van der Waals surface area contributed by atoms with Gasteiger partial charge in [0, 0.05) is 6.54 Å². The first-order valence-corrected chi connectivity index (χ1v) is 7.58. The minimum Gasteiger partial charge on any atom is -0.496 e. The second kappa shape index (κ2) is 5.93. The van der Waals surface area contributed by atoms with E-state index < -0.39 is 0 Å². The molecule has 2 atom stereocenters. The highest BCUT2D eigenvalue weighted by molar-refractivity contribution is 5.75. The van der Waals surface area contributed by atoms with Gasteiger partial charge in [-0.1, -0.05) is 12.1 Å². The van der Waals surface area contributed by atoms with Crippen molar-refractivity contribution >= 4 is 6.03 Å². The Balaban J connectivity index is 1.72. The van der Waals surface area contributed by atoms with Crippen molar-refractivity contribution in [1.29, 1.82) is 0 Å². The predicted molar refractivity (Wildman–Crippen MR) is 79.4 cm³/mol. The SMILES string of the molecule is COc1cccc2c1CCC2NC(=O)N1CCC[C@@H]1CO. The molecular formula is C16H22N2O3. The lowest BCUT2D eigenvalue weighted by Gasteiger charge is -2.25. The average Bonchev–Trinajstić information content (AvgIpc) is 3.13. The van der Waals surface area contributed by atoms with Crippen LogP contribution >= 0.6 is 0 Å². The van der Waals surface area contributed by atoms with Crippen LogP contribution in [0.5, 0.6) is 5.75 Å². The number of ether oxygens (including phenoxy) is 1. The molecule has 1 aromatic carbocycles. The van der Waals surface area contributed by atoms with Crippen LogP contribution in [0.4, 0.5) is 4.79 Å². The first kappa shape index (κ1) is 14.2. The quantitative estimate of drug-likeness (QED) is 0.893. The molecule has 0 spiro atoms. The third kappa shape index (κ3) is 2.58. The van der Waals surface area contributed by atoms with Crippen LogP contribution in [-0.2, 0) is 6.42 Å². The van der Waals surface area contributed by atoms with Crippen molar-refractivity contribution < 1.29 is 14.6 Å². The Bertz CT molecular complexity index is 532. The molecule has 0 bridgehead atoms. The molecule has 0 aromatic heterocycles. The average molecular weight is 290 g/mol. The predicted octanol–water partition coefficient (Wildman–Crippen LogP) is 1.85. The van der Waals surface area contributed by atoms with Crippen LogP contribution in [0.1, 0.15) is 36.4 Å². The number of rotatable bonds is 3. The van der Waals surface area contributed by atoms with Gasteiger partial charge in [-0.25, -0.2) is 4.79 Å². The molecule has 2 N–H and O–H groups in total. The summed E-state index contributed by atoms with van der Waals surface area (Å²) in [5, 5.41) is 12.4. The van der Waals surface area contributed by atoms with E-state index in [4.69, 9.17) is 4.74 Å². The molecule has 1 aliphatic heterocycles. The van der Waals surface area contributed by atoms with Gasteiger partial charge in [0.05, 0.1) is 25.8 Å². The summed E-state index contributed by atoms with van der Waals surface area (Å²) in [6.45, 7) is 0.775. The van der Waals surface area contributed by atoms with Gasteiger partial charge in [-0.3, -0.25) is 0 Å². The van der Waals surface area contributed by atoms with E-state index in [2.05, 4.69) is 11.4 Å². The van der Waals surface area contributed by atoms with Gasteiger partial charge in [0.2, 0.25) is 0 Å². The molecule has 5 nitrogen and oxygen atoms in total. The van der Waals surface area contributed by atoms with E-state index in [1.165, 1.54) is 5.56 Å². The van der Waals surface area contributed by atoms with Gasteiger partial charge in [-0.05, 0) is 42.9 Å². The number of fused-ring (bicyclic) bond motifs is 1. The van der Waals surface area contributed by atoms with E-state index >= 15 is 0 Å². The van der Waals surface area contributed by atoms with Crippen LogP contribution in [0, 0.1) is 0 Å². The fourth-order valence-electron chi connectivity index (χ4n) is 3.49. The molecule has 1 aromatic rings. The number of hydrogen-bond acceptors (Lipinski definition) is 3. The van der Waals surface area contributed by atoms with Crippen LogP contribution in [0.25, 0.3) is 0 Å². The maximum atomic E-state index is 12.4. The Morgan fingerprint density at radius 3 is 3.10 bits per heavy atom. The Kier molecular flexibility index (Phi) is 4.01. The lowest BCUT2D eigenvalue weighted by molar-refractivity contribution is 0.154. The normalized spacial score (nSPS) is 24.0. The number of urea groups is 1. The molecular weight excluding hydrogens is 268 g/mol. The van der Waals surface area contributed by atoms with Gasteiger partial charge in [0.1, 0.15) is 5.75 Å². The number of methoxy groups -OCH3 is 1. The number of aliphatic hydroxyl groups is 1.